The van der Waals surface area contributed by atoms with Gasteiger partial charge in [-0.1, -0.05) is 0 Å². The van der Waals surface area contributed by atoms with E-state index < -0.39 is 17.5 Å². The molecule has 4 nitrogen and oxygen atoms in total. The number of nitrogens with two attached hydrogens (primary N) is 1. The number of hydrogen-bond donors (Lipinski definition) is 2. The Bertz CT molecular complexity index is 569. The van der Waals surface area contributed by atoms with Crippen LogP contribution >= 0.6 is 0 Å². The van der Waals surface area contributed by atoms with Crippen molar-refractivity contribution < 1.29 is 13.2 Å². The molecule has 0 atom stereocenters. The van der Waals surface area contributed by atoms with Gasteiger partial charge in [0.25, 0.3) is 0 Å². The highest BCUT2D eigenvalue weighted by atomic mass is 19.1. The summed E-state index contributed by atoms with van der Waals surface area (Å²) < 4.78 is 39.1. The number of nitrogens with zero attached hydrogens (tertiary/aromatic N) is 2. The second-order valence-corrected chi connectivity index (χ2v) is 3.88. The van der Waals surface area contributed by atoms with E-state index in [4.69, 9.17) is 5.73 Å². The largest absolute Gasteiger partial charge is 0.368 e. The van der Waals surface area contributed by atoms with Crippen molar-refractivity contribution in [3.8, 4) is 0 Å². The smallest absolute Gasteiger partial charge is 0.222 e. The maximum absolute atomic E-state index is 13.3. The molecule has 0 spiro atoms. The number of nitrogens with one attached hydrogen (secondary N) is 1. The number of anilines is 2. The monoisotopic (exact) mass is 268 g/mol. The topological polar surface area (TPSA) is 63.8 Å². The number of nitrogen functional groups attached to an aromatic ring is 1. The van der Waals surface area contributed by atoms with Gasteiger partial charge in [-0.15, -0.1) is 0 Å². The standard InChI is InChI=1S/C12H11F3N4/c13-8-3-7(4-9(14)5-8)1-2-17-11-10(15)6-18-12(16)19-11/h3-6H,1-2H2,(H3,16,17,18,19). The van der Waals surface area contributed by atoms with Gasteiger partial charge in [-0.25, -0.2) is 18.2 Å². The summed E-state index contributed by atoms with van der Waals surface area (Å²) in [6.45, 7) is 0.260. The zero-order valence-corrected chi connectivity index (χ0v) is 9.83. The molecular weight excluding hydrogens is 257 g/mol. The Kier molecular flexibility index (Phi) is 3.84. The van der Waals surface area contributed by atoms with Crippen LogP contribution in [0, 0.1) is 17.5 Å². The Labute approximate surface area is 107 Å². The molecule has 0 fully saturated rings. The van der Waals surface area contributed by atoms with Crippen molar-refractivity contribution in [1.29, 1.82) is 0 Å². The van der Waals surface area contributed by atoms with Crippen LogP contribution in [0.15, 0.2) is 24.4 Å². The molecule has 100 valence electrons. The highest BCUT2D eigenvalue weighted by Gasteiger charge is 2.05. The van der Waals surface area contributed by atoms with Crippen molar-refractivity contribution in [2.24, 2.45) is 0 Å². The molecule has 7 heteroatoms. The number of halogens is 3. The lowest BCUT2D eigenvalue weighted by Crippen LogP contribution is -2.10. The highest BCUT2D eigenvalue weighted by Crippen LogP contribution is 2.12. The van der Waals surface area contributed by atoms with Gasteiger partial charge in [0.1, 0.15) is 11.6 Å². The Morgan fingerprint density at radius 1 is 1.11 bits per heavy atom. The van der Waals surface area contributed by atoms with Gasteiger partial charge >= 0.3 is 0 Å². The van der Waals surface area contributed by atoms with E-state index >= 15 is 0 Å². The van der Waals surface area contributed by atoms with Gasteiger partial charge in [-0.05, 0) is 24.1 Å². The van der Waals surface area contributed by atoms with Crippen LogP contribution in [0.5, 0.6) is 0 Å². The molecule has 0 amide bonds. The molecule has 19 heavy (non-hydrogen) atoms. The van der Waals surface area contributed by atoms with E-state index in [1.807, 2.05) is 0 Å². The van der Waals surface area contributed by atoms with Crippen LogP contribution in [0.3, 0.4) is 0 Å². The van der Waals surface area contributed by atoms with Gasteiger partial charge in [-0.2, -0.15) is 4.98 Å². The summed E-state index contributed by atoms with van der Waals surface area (Å²) in [6.07, 6.45) is 1.27. The highest BCUT2D eigenvalue weighted by molar-refractivity contribution is 5.39. The Morgan fingerprint density at radius 3 is 2.47 bits per heavy atom. The quantitative estimate of drug-likeness (QED) is 0.891. The molecular formula is C12H11F3N4. The number of benzene rings is 1. The van der Waals surface area contributed by atoms with Gasteiger partial charge in [-0.3, -0.25) is 0 Å². The third-order valence-electron chi connectivity index (χ3n) is 2.39. The van der Waals surface area contributed by atoms with Crippen molar-refractivity contribution >= 4 is 11.8 Å². The third-order valence-corrected chi connectivity index (χ3v) is 2.39. The minimum Gasteiger partial charge on any atom is -0.368 e. The summed E-state index contributed by atoms with van der Waals surface area (Å²) in [5.41, 5.74) is 5.79. The van der Waals surface area contributed by atoms with Crippen molar-refractivity contribution in [1.82, 2.24) is 9.97 Å². The van der Waals surface area contributed by atoms with Crippen LogP contribution in [0.25, 0.3) is 0 Å². The molecule has 1 aromatic heterocycles. The average Bonchev–Trinajstić information content (AvgIpc) is 2.32. The molecule has 0 aliphatic rings. The van der Waals surface area contributed by atoms with Crippen LogP contribution in [0.1, 0.15) is 5.56 Å². The van der Waals surface area contributed by atoms with E-state index in [1.165, 1.54) is 12.1 Å². The average molecular weight is 268 g/mol. The van der Waals surface area contributed by atoms with Gasteiger partial charge in [0.05, 0.1) is 6.20 Å². The van der Waals surface area contributed by atoms with Gasteiger partial charge in [0, 0.05) is 12.6 Å². The van der Waals surface area contributed by atoms with Crippen molar-refractivity contribution in [3.63, 3.8) is 0 Å². The van der Waals surface area contributed by atoms with Gasteiger partial charge < -0.3 is 11.1 Å². The minimum absolute atomic E-state index is 0.0376. The lowest BCUT2D eigenvalue weighted by Gasteiger charge is -2.07. The van der Waals surface area contributed by atoms with Crippen LogP contribution in [0.4, 0.5) is 24.9 Å². The molecule has 0 unspecified atom stereocenters. The lowest BCUT2D eigenvalue weighted by atomic mass is 10.1. The summed E-state index contributed by atoms with van der Waals surface area (Å²) in [7, 11) is 0. The van der Waals surface area contributed by atoms with E-state index in [0.717, 1.165) is 12.3 Å². The van der Waals surface area contributed by atoms with Crippen LogP contribution in [-0.4, -0.2) is 16.5 Å². The van der Waals surface area contributed by atoms with E-state index in [1.54, 1.807) is 0 Å². The first kappa shape index (κ1) is 13.1. The van der Waals surface area contributed by atoms with Gasteiger partial charge in [0.2, 0.25) is 5.95 Å². The van der Waals surface area contributed by atoms with E-state index in [-0.39, 0.29) is 18.3 Å². The molecule has 2 aromatic rings. The van der Waals surface area contributed by atoms with Crippen molar-refractivity contribution in [2.75, 3.05) is 17.6 Å². The predicted octanol–water partition coefficient (Wildman–Crippen LogP) is 2.13. The van der Waals surface area contributed by atoms with Crippen molar-refractivity contribution in [3.05, 3.63) is 47.4 Å². The second-order valence-electron chi connectivity index (χ2n) is 3.88. The number of hydrogen-bond acceptors (Lipinski definition) is 4. The predicted molar refractivity (Wildman–Crippen MR) is 65.0 cm³/mol. The molecule has 1 heterocycles. The molecule has 0 saturated heterocycles. The van der Waals surface area contributed by atoms with Crippen LogP contribution in [0.2, 0.25) is 0 Å². The maximum atomic E-state index is 13.3. The number of aromatic nitrogens is 2. The molecule has 0 bridgehead atoms. The third kappa shape index (κ3) is 3.57. The van der Waals surface area contributed by atoms with Crippen molar-refractivity contribution in [2.45, 2.75) is 6.42 Å². The first-order valence-corrected chi connectivity index (χ1v) is 5.51. The van der Waals surface area contributed by atoms with Crippen LogP contribution in [-0.2, 0) is 6.42 Å². The van der Waals surface area contributed by atoms with E-state index in [0.29, 0.717) is 12.0 Å². The summed E-state index contributed by atoms with van der Waals surface area (Å²) in [6, 6.07) is 3.23. The lowest BCUT2D eigenvalue weighted by molar-refractivity contribution is 0.579. The van der Waals surface area contributed by atoms with E-state index in [2.05, 4.69) is 15.3 Å². The first-order chi connectivity index (χ1) is 9.04. The van der Waals surface area contributed by atoms with Gasteiger partial charge in [0.15, 0.2) is 11.6 Å². The maximum Gasteiger partial charge on any atom is 0.222 e. The molecule has 0 aliphatic heterocycles. The zero-order chi connectivity index (χ0) is 13.8. The minimum atomic E-state index is -0.646. The summed E-state index contributed by atoms with van der Waals surface area (Å²) in [5, 5.41) is 2.69. The van der Waals surface area contributed by atoms with E-state index in [9.17, 15) is 13.2 Å². The Morgan fingerprint density at radius 2 is 1.79 bits per heavy atom. The zero-order valence-electron chi connectivity index (χ0n) is 9.83. The number of rotatable bonds is 4. The summed E-state index contributed by atoms with van der Waals surface area (Å²) >= 11 is 0. The Balaban J connectivity index is 1.98. The Hall–Kier alpha value is -2.31. The SMILES string of the molecule is Nc1ncc(F)c(NCCc2cc(F)cc(F)c2)n1. The fraction of sp³-hybridized carbons (Fsp3) is 0.167. The first-order valence-electron chi connectivity index (χ1n) is 5.51. The summed E-state index contributed by atoms with van der Waals surface area (Å²) in [5.74, 6) is -2.02. The fourth-order valence-electron chi connectivity index (χ4n) is 1.59. The molecule has 0 radical (unpaired) electrons. The molecule has 1 aromatic carbocycles. The summed E-state index contributed by atoms with van der Waals surface area (Å²) in [4.78, 5) is 7.15. The van der Waals surface area contributed by atoms with Crippen LogP contribution < -0.4 is 11.1 Å². The fourth-order valence-corrected chi connectivity index (χ4v) is 1.59. The molecule has 0 saturated carbocycles. The molecule has 2 rings (SSSR count). The normalized spacial score (nSPS) is 10.5. The molecule has 3 N–H and O–H groups in total. The molecule has 0 aliphatic carbocycles. The second kappa shape index (κ2) is 5.55.